The molecule has 3 heteroatoms. The molecule has 0 amide bonds. The molecule has 0 aliphatic carbocycles. The molecule has 0 saturated heterocycles. The van der Waals surface area contributed by atoms with Gasteiger partial charge in [0.25, 0.3) is 0 Å². The van der Waals surface area contributed by atoms with Crippen molar-refractivity contribution in [2.24, 2.45) is 0 Å². The lowest BCUT2D eigenvalue weighted by Gasteiger charge is -2.12. The molecule has 3 aromatic rings. The smallest absolute Gasteiger partial charge is 0.154 e. The first-order valence-corrected chi connectivity index (χ1v) is 9.05. The van der Waals surface area contributed by atoms with Crippen LogP contribution in [-0.2, 0) is 12.8 Å². The van der Waals surface area contributed by atoms with E-state index in [1.807, 2.05) is 18.3 Å². The standard InChI is InChI=1S/C24H23N3/c1-17-5-7-20(8-6-17)15-24-26-12-10-22(27-24)16-23-18(2)13-21(9-11-25-4)14-19(23)3/h5-14H,15-16H2,1-3H3/b11-9+. The van der Waals surface area contributed by atoms with Gasteiger partial charge in [0.15, 0.2) is 6.20 Å². The van der Waals surface area contributed by atoms with Gasteiger partial charge in [-0.25, -0.2) is 14.8 Å². The summed E-state index contributed by atoms with van der Waals surface area (Å²) in [6.45, 7) is 13.2. The second-order valence-corrected chi connectivity index (χ2v) is 6.88. The lowest BCUT2D eigenvalue weighted by atomic mass is 9.95. The highest BCUT2D eigenvalue weighted by atomic mass is 14.9. The van der Waals surface area contributed by atoms with Gasteiger partial charge in [-0.15, -0.1) is 0 Å². The molecule has 0 fully saturated rings. The average molecular weight is 353 g/mol. The molecule has 0 saturated carbocycles. The summed E-state index contributed by atoms with van der Waals surface area (Å²) in [7, 11) is 0. The van der Waals surface area contributed by atoms with Gasteiger partial charge in [0.1, 0.15) is 5.82 Å². The molecule has 0 spiro atoms. The van der Waals surface area contributed by atoms with Crippen LogP contribution in [0.4, 0.5) is 0 Å². The maximum atomic E-state index is 6.89. The summed E-state index contributed by atoms with van der Waals surface area (Å²) >= 11 is 0. The van der Waals surface area contributed by atoms with E-state index in [-0.39, 0.29) is 0 Å². The monoisotopic (exact) mass is 353 g/mol. The zero-order valence-corrected chi connectivity index (χ0v) is 16.0. The molecule has 0 atom stereocenters. The van der Waals surface area contributed by atoms with E-state index >= 15 is 0 Å². The van der Waals surface area contributed by atoms with Crippen molar-refractivity contribution in [2.45, 2.75) is 33.6 Å². The molecule has 27 heavy (non-hydrogen) atoms. The van der Waals surface area contributed by atoms with Crippen LogP contribution in [0, 0.1) is 27.3 Å². The predicted octanol–water partition coefficient (Wildman–Crippen LogP) is 5.47. The Balaban J connectivity index is 1.81. The van der Waals surface area contributed by atoms with Crippen LogP contribution in [-0.4, -0.2) is 9.97 Å². The van der Waals surface area contributed by atoms with E-state index in [0.717, 1.165) is 29.9 Å². The molecule has 0 aliphatic rings. The molecule has 0 aliphatic heterocycles. The minimum absolute atomic E-state index is 0.743. The van der Waals surface area contributed by atoms with E-state index in [1.54, 1.807) is 0 Å². The first-order valence-electron chi connectivity index (χ1n) is 9.05. The second kappa shape index (κ2) is 8.42. The largest absolute Gasteiger partial charge is 0.246 e. The Morgan fingerprint density at radius 2 is 1.67 bits per heavy atom. The number of aryl methyl sites for hydroxylation is 3. The zero-order chi connectivity index (χ0) is 19.2. The SMILES string of the molecule is [C-]#[N+]/C=C/c1cc(C)c(Cc2ccnc(Cc3ccc(C)cc3)n2)c(C)c1. The van der Waals surface area contributed by atoms with E-state index in [1.165, 1.54) is 34.0 Å². The van der Waals surface area contributed by atoms with E-state index in [2.05, 4.69) is 67.0 Å². The highest BCUT2D eigenvalue weighted by molar-refractivity contribution is 5.55. The minimum Gasteiger partial charge on any atom is -0.246 e. The molecule has 3 rings (SSSR count). The van der Waals surface area contributed by atoms with Crippen molar-refractivity contribution in [3.63, 3.8) is 0 Å². The van der Waals surface area contributed by atoms with Crippen LogP contribution in [0.2, 0.25) is 0 Å². The topological polar surface area (TPSA) is 30.1 Å². The maximum absolute atomic E-state index is 6.89. The molecule has 0 bridgehead atoms. The predicted molar refractivity (Wildman–Crippen MR) is 110 cm³/mol. The van der Waals surface area contributed by atoms with Crippen molar-refractivity contribution in [3.8, 4) is 0 Å². The minimum atomic E-state index is 0.743. The van der Waals surface area contributed by atoms with Gasteiger partial charge in [-0.2, -0.15) is 0 Å². The molecule has 0 unspecified atom stereocenters. The Kier molecular flexibility index (Phi) is 5.78. The highest BCUT2D eigenvalue weighted by Crippen LogP contribution is 2.21. The third kappa shape index (κ3) is 4.89. The van der Waals surface area contributed by atoms with Crippen LogP contribution >= 0.6 is 0 Å². The molecule has 1 aromatic heterocycles. The number of benzene rings is 2. The molecule has 2 aromatic carbocycles. The van der Waals surface area contributed by atoms with Gasteiger partial charge in [-0.3, -0.25) is 0 Å². The lowest BCUT2D eigenvalue weighted by molar-refractivity contribution is 0.912. The molecule has 0 N–H and O–H groups in total. The van der Waals surface area contributed by atoms with Crippen LogP contribution in [0.3, 0.4) is 0 Å². The number of hydrogen-bond acceptors (Lipinski definition) is 2. The van der Waals surface area contributed by atoms with Crippen LogP contribution in [0.15, 0.2) is 54.9 Å². The fourth-order valence-corrected chi connectivity index (χ4v) is 3.22. The molecular formula is C24H23N3. The van der Waals surface area contributed by atoms with Gasteiger partial charge >= 0.3 is 0 Å². The summed E-state index contributed by atoms with van der Waals surface area (Å²) in [6.07, 6.45) is 6.72. The van der Waals surface area contributed by atoms with Crippen LogP contribution in [0.5, 0.6) is 0 Å². The Morgan fingerprint density at radius 1 is 0.963 bits per heavy atom. The van der Waals surface area contributed by atoms with Crippen molar-refractivity contribution < 1.29 is 0 Å². The van der Waals surface area contributed by atoms with E-state index in [9.17, 15) is 0 Å². The van der Waals surface area contributed by atoms with Crippen LogP contribution < -0.4 is 0 Å². The maximum Gasteiger partial charge on any atom is 0.154 e. The van der Waals surface area contributed by atoms with E-state index < -0.39 is 0 Å². The molecular weight excluding hydrogens is 330 g/mol. The first-order chi connectivity index (χ1) is 13.0. The van der Waals surface area contributed by atoms with Crippen molar-refractivity contribution >= 4 is 6.08 Å². The second-order valence-electron chi connectivity index (χ2n) is 6.88. The Hall–Kier alpha value is -3.25. The summed E-state index contributed by atoms with van der Waals surface area (Å²) < 4.78 is 0. The number of hydrogen-bond donors (Lipinski definition) is 0. The highest BCUT2D eigenvalue weighted by Gasteiger charge is 2.08. The van der Waals surface area contributed by atoms with Crippen molar-refractivity contribution in [2.75, 3.05) is 0 Å². The third-order valence-electron chi connectivity index (χ3n) is 4.66. The summed E-state index contributed by atoms with van der Waals surface area (Å²) in [4.78, 5) is 12.5. The van der Waals surface area contributed by atoms with Gasteiger partial charge in [-0.1, -0.05) is 48.0 Å². The molecule has 1 heterocycles. The molecule has 3 nitrogen and oxygen atoms in total. The molecule has 134 valence electrons. The first kappa shape index (κ1) is 18.5. The number of rotatable bonds is 5. The van der Waals surface area contributed by atoms with Crippen molar-refractivity contribution in [1.29, 1.82) is 0 Å². The van der Waals surface area contributed by atoms with E-state index in [0.29, 0.717) is 0 Å². The van der Waals surface area contributed by atoms with Gasteiger partial charge < -0.3 is 0 Å². The molecule has 0 radical (unpaired) electrons. The Labute approximate surface area is 161 Å². The van der Waals surface area contributed by atoms with Crippen molar-refractivity contribution in [3.05, 3.63) is 111 Å². The number of nitrogens with zero attached hydrogens (tertiary/aromatic N) is 3. The Bertz CT molecular complexity index is 986. The van der Waals surface area contributed by atoms with Crippen molar-refractivity contribution in [1.82, 2.24) is 9.97 Å². The van der Waals surface area contributed by atoms with Crippen LogP contribution in [0.1, 0.15) is 44.9 Å². The van der Waals surface area contributed by atoms with Gasteiger partial charge in [0.05, 0.1) is 6.57 Å². The normalized spacial score (nSPS) is 10.9. The fourth-order valence-electron chi connectivity index (χ4n) is 3.22. The quantitative estimate of drug-likeness (QED) is 0.569. The summed E-state index contributed by atoms with van der Waals surface area (Å²) in [6, 6.07) is 14.7. The van der Waals surface area contributed by atoms with Gasteiger partial charge in [-0.05, 0) is 54.7 Å². The van der Waals surface area contributed by atoms with Crippen LogP contribution in [0.25, 0.3) is 10.9 Å². The zero-order valence-electron chi connectivity index (χ0n) is 16.0. The fraction of sp³-hybridized carbons (Fsp3) is 0.208. The van der Waals surface area contributed by atoms with E-state index in [4.69, 9.17) is 11.6 Å². The number of aromatic nitrogens is 2. The summed E-state index contributed by atoms with van der Waals surface area (Å²) in [5.74, 6) is 0.850. The van der Waals surface area contributed by atoms with Gasteiger partial charge in [0, 0.05) is 24.7 Å². The van der Waals surface area contributed by atoms with Gasteiger partial charge in [0.2, 0.25) is 0 Å². The average Bonchev–Trinajstić information content (AvgIpc) is 2.65. The lowest BCUT2D eigenvalue weighted by Crippen LogP contribution is -2.03. The summed E-state index contributed by atoms with van der Waals surface area (Å²) in [5.41, 5.74) is 8.30. The third-order valence-corrected chi connectivity index (χ3v) is 4.66. The summed E-state index contributed by atoms with van der Waals surface area (Å²) in [5, 5.41) is 0. The Morgan fingerprint density at radius 3 is 2.33 bits per heavy atom.